The second-order valence-corrected chi connectivity index (χ2v) is 8.92. The van der Waals surface area contributed by atoms with Gasteiger partial charge in [0.25, 0.3) is 5.89 Å². The van der Waals surface area contributed by atoms with Crippen molar-refractivity contribution in [3.63, 3.8) is 0 Å². The van der Waals surface area contributed by atoms with Crippen molar-refractivity contribution in [1.29, 1.82) is 0 Å². The Morgan fingerprint density at radius 2 is 1.82 bits per heavy atom. The van der Waals surface area contributed by atoms with Crippen LogP contribution < -0.4 is 0 Å². The fraction of sp³-hybridized carbons (Fsp3) is 0.263. The van der Waals surface area contributed by atoms with Crippen LogP contribution in [0.5, 0.6) is 0 Å². The number of halogens is 2. The van der Waals surface area contributed by atoms with Crippen LogP contribution in [0.1, 0.15) is 24.6 Å². The van der Waals surface area contributed by atoms with E-state index < -0.39 is 15.8 Å². The smallest absolute Gasteiger partial charge is 0.257 e. The summed E-state index contributed by atoms with van der Waals surface area (Å²) in [7, 11) is -3.73. The summed E-state index contributed by atoms with van der Waals surface area (Å²) in [5.41, 5.74) is 0.842. The molecule has 6 nitrogen and oxygen atoms in total. The number of benzene rings is 2. The van der Waals surface area contributed by atoms with E-state index in [1.807, 2.05) is 30.3 Å². The Hall–Kier alpha value is -2.29. The molecule has 0 radical (unpaired) electrons. The topological polar surface area (TPSA) is 76.3 Å². The molecule has 0 saturated carbocycles. The van der Waals surface area contributed by atoms with E-state index in [4.69, 9.17) is 16.1 Å². The third kappa shape index (κ3) is 3.67. The van der Waals surface area contributed by atoms with Gasteiger partial charge in [-0.3, -0.25) is 0 Å². The lowest BCUT2D eigenvalue weighted by atomic mass is 9.97. The highest BCUT2D eigenvalue weighted by molar-refractivity contribution is 7.89. The van der Waals surface area contributed by atoms with Crippen LogP contribution in [-0.2, 0) is 10.0 Å². The minimum absolute atomic E-state index is 0.0109. The van der Waals surface area contributed by atoms with Crippen molar-refractivity contribution in [2.24, 2.45) is 0 Å². The van der Waals surface area contributed by atoms with E-state index in [-0.39, 0.29) is 15.8 Å². The highest BCUT2D eigenvalue weighted by atomic mass is 35.5. The first-order valence-electron chi connectivity index (χ1n) is 8.79. The van der Waals surface area contributed by atoms with Crippen molar-refractivity contribution in [2.45, 2.75) is 23.7 Å². The van der Waals surface area contributed by atoms with Crippen molar-refractivity contribution >= 4 is 21.6 Å². The monoisotopic (exact) mass is 421 g/mol. The van der Waals surface area contributed by atoms with Gasteiger partial charge in [-0.1, -0.05) is 35.0 Å². The summed E-state index contributed by atoms with van der Waals surface area (Å²) < 4.78 is 45.6. The highest BCUT2D eigenvalue weighted by Gasteiger charge is 2.32. The second kappa shape index (κ2) is 7.62. The van der Waals surface area contributed by atoms with E-state index in [0.29, 0.717) is 37.6 Å². The molecule has 0 spiro atoms. The van der Waals surface area contributed by atoms with Crippen molar-refractivity contribution in [3.8, 4) is 11.5 Å². The molecule has 0 unspecified atom stereocenters. The Morgan fingerprint density at radius 1 is 1.11 bits per heavy atom. The summed E-state index contributed by atoms with van der Waals surface area (Å²) in [4.78, 5) is 4.46. The van der Waals surface area contributed by atoms with Crippen LogP contribution >= 0.6 is 11.6 Å². The average molecular weight is 422 g/mol. The number of piperidine rings is 1. The highest BCUT2D eigenvalue weighted by Crippen LogP contribution is 2.31. The minimum Gasteiger partial charge on any atom is -0.334 e. The number of nitrogens with zero attached hydrogens (tertiary/aromatic N) is 3. The predicted molar refractivity (Wildman–Crippen MR) is 102 cm³/mol. The molecule has 1 aliphatic heterocycles. The molecule has 1 aliphatic rings. The first-order valence-corrected chi connectivity index (χ1v) is 10.6. The molecule has 9 heteroatoms. The Balaban J connectivity index is 1.46. The first kappa shape index (κ1) is 19.0. The summed E-state index contributed by atoms with van der Waals surface area (Å²) >= 11 is 5.73. The molecule has 3 aromatic rings. The standard InChI is InChI=1S/C19H17ClFN3O3S/c20-16-12-15(6-7-17(16)21)28(25,26)24-10-8-13(9-11-24)18-22-19(27-23-18)14-4-2-1-3-5-14/h1-7,12-13H,8-11H2. The van der Waals surface area contributed by atoms with Crippen molar-refractivity contribution in [1.82, 2.24) is 14.4 Å². The van der Waals surface area contributed by atoms with Crippen LogP contribution in [0.3, 0.4) is 0 Å². The number of sulfonamides is 1. The van der Waals surface area contributed by atoms with Crippen LogP contribution in [0.15, 0.2) is 57.9 Å². The van der Waals surface area contributed by atoms with Crippen LogP contribution in [-0.4, -0.2) is 36.0 Å². The third-order valence-electron chi connectivity index (χ3n) is 4.81. The van der Waals surface area contributed by atoms with Gasteiger partial charge in [0, 0.05) is 24.6 Å². The quantitative estimate of drug-likeness (QED) is 0.634. The maximum atomic E-state index is 13.3. The zero-order chi connectivity index (χ0) is 19.7. The van der Waals surface area contributed by atoms with E-state index in [9.17, 15) is 12.8 Å². The molecule has 28 heavy (non-hydrogen) atoms. The van der Waals surface area contributed by atoms with Crippen LogP contribution in [0.2, 0.25) is 5.02 Å². The van der Waals surface area contributed by atoms with Gasteiger partial charge in [0.2, 0.25) is 10.0 Å². The largest absolute Gasteiger partial charge is 0.334 e. The van der Waals surface area contributed by atoms with E-state index >= 15 is 0 Å². The lowest BCUT2D eigenvalue weighted by molar-refractivity contribution is 0.307. The predicted octanol–water partition coefficient (Wildman–Crippen LogP) is 4.10. The van der Waals surface area contributed by atoms with Crippen LogP contribution in [0, 0.1) is 5.82 Å². The maximum Gasteiger partial charge on any atom is 0.257 e. The molecule has 2 aromatic carbocycles. The Bertz CT molecular complexity index is 1080. The van der Waals surface area contributed by atoms with Gasteiger partial charge in [-0.2, -0.15) is 9.29 Å². The summed E-state index contributed by atoms with van der Waals surface area (Å²) in [6.07, 6.45) is 1.14. The molecule has 4 rings (SSSR count). The molecule has 1 fully saturated rings. The van der Waals surface area contributed by atoms with Crippen molar-refractivity contribution in [2.75, 3.05) is 13.1 Å². The van der Waals surface area contributed by atoms with Gasteiger partial charge in [-0.05, 0) is 43.2 Å². The molecule has 146 valence electrons. The summed E-state index contributed by atoms with van der Waals surface area (Å²) in [5.74, 6) is 0.405. The van der Waals surface area contributed by atoms with Crippen LogP contribution in [0.4, 0.5) is 4.39 Å². The van der Waals surface area contributed by atoms with E-state index in [2.05, 4.69) is 10.1 Å². The molecule has 0 bridgehead atoms. The van der Waals surface area contributed by atoms with Gasteiger partial charge < -0.3 is 4.52 Å². The maximum absolute atomic E-state index is 13.3. The van der Waals surface area contributed by atoms with Gasteiger partial charge in [-0.25, -0.2) is 12.8 Å². The zero-order valence-electron chi connectivity index (χ0n) is 14.8. The molecule has 0 aliphatic carbocycles. The third-order valence-corrected chi connectivity index (χ3v) is 6.99. The number of hydrogen-bond donors (Lipinski definition) is 0. The number of hydrogen-bond acceptors (Lipinski definition) is 5. The van der Waals surface area contributed by atoms with Crippen LogP contribution in [0.25, 0.3) is 11.5 Å². The Labute approximate surface area is 167 Å². The minimum atomic E-state index is -3.73. The van der Waals surface area contributed by atoms with E-state index in [0.717, 1.165) is 17.7 Å². The van der Waals surface area contributed by atoms with Gasteiger partial charge in [0.05, 0.1) is 9.92 Å². The lowest BCUT2D eigenvalue weighted by Gasteiger charge is -2.29. The normalized spacial score (nSPS) is 16.4. The molecular weight excluding hydrogens is 405 g/mol. The van der Waals surface area contributed by atoms with E-state index in [1.165, 1.54) is 10.4 Å². The summed E-state index contributed by atoms with van der Waals surface area (Å²) in [6, 6.07) is 12.9. The fourth-order valence-corrected chi connectivity index (χ4v) is 4.98. The first-order chi connectivity index (χ1) is 13.4. The molecule has 1 saturated heterocycles. The fourth-order valence-electron chi connectivity index (χ4n) is 3.24. The second-order valence-electron chi connectivity index (χ2n) is 6.58. The molecule has 2 heterocycles. The van der Waals surface area contributed by atoms with E-state index in [1.54, 1.807) is 0 Å². The van der Waals surface area contributed by atoms with Gasteiger partial charge in [0.1, 0.15) is 5.82 Å². The SMILES string of the molecule is O=S(=O)(c1ccc(F)c(Cl)c1)N1CCC(c2noc(-c3ccccc3)n2)CC1. The molecule has 1 aromatic heterocycles. The van der Waals surface area contributed by atoms with Gasteiger partial charge in [0.15, 0.2) is 5.82 Å². The van der Waals surface area contributed by atoms with Gasteiger partial charge >= 0.3 is 0 Å². The summed E-state index contributed by atoms with van der Waals surface area (Å²) in [5, 5.41) is 3.86. The Kier molecular flexibility index (Phi) is 5.18. The van der Waals surface area contributed by atoms with Crippen molar-refractivity contribution in [3.05, 3.63) is 65.2 Å². The number of aromatic nitrogens is 2. The molecule has 0 atom stereocenters. The summed E-state index contributed by atoms with van der Waals surface area (Å²) in [6.45, 7) is 0.633. The lowest BCUT2D eigenvalue weighted by Crippen LogP contribution is -2.38. The van der Waals surface area contributed by atoms with Crippen molar-refractivity contribution < 1.29 is 17.3 Å². The zero-order valence-corrected chi connectivity index (χ0v) is 16.3. The molecule has 0 amide bonds. The average Bonchev–Trinajstić information content (AvgIpc) is 3.21. The van der Waals surface area contributed by atoms with Gasteiger partial charge in [-0.15, -0.1) is 0 Å². The number of rotatable bonds is 4. The molecule has 0 N–H and O–H groups in total. The molecular formula is C19H17ClFN3O3S. The Morgan fingerprint density at radius 3 is 2.50 bits per heavy atom.